The Morgan fingerprint density at radius 3 is 2.89 bits per heavy atom. The average molecular weight is 290 g/mol. The van der Waals surface area contributed by atoms with Gasteiger partial charge < -0.3 is 4.98 Å². The Kier molecular flexibility index (Phi) is 2.99. The van der Waals surface area contributed by atoms with Crippen molar-refractivity contribution in [1.29, 1.82) is 0 Å². The van der Waals surface area contributed by atoms with E-state index in [0.717, 1.165) is 21.9 Å². The van der Waals surface area contributed by atoms with Crippen LogP contribution in [-0.4, -0.2) is 19.5 Å². The lowest BCUT2D eigenvalue weighted by atomic mass is 10.2. The molecule has 0 spiro atoms. The van der Waals surface area contributed by atoms with E-state index in [9.17, 15) is 0 Å². The van der Waals surface area contributed by atoms with Crippen LogP contribution in [0.3, 0.4) is 0 Å². The van der Waals surface area contributed by atoms with Gasteiger partial charge in [-0.15, -0.1) is 11.3 Å². The molecule has 0 fully saturated rings. The summed E-state index contributed by atoms with van der Waals surface area (Å²) in [5.74, 6) is 0. The molecule has 3 aromatic heterocycles. The highest BCUT2D eigenvalue weighted by molar-refractivity contribution is 7.71. The number of rotatable bonds is 2. The van der Waals surface area contributed by atoms with Crippen molar-refractivity contribution in [3.05, 3.63) is 38.7 Å². The van der Waals surface area contributed by atoms with Gasteiger partial charge in [-0.3, -0.25) is 4.57 Å². The van der Waals surface area contributed by atoms with Crippen molar-refractivity contribution in [2.45, 2.75) is 26.8 Å². The Labute approximate surface area is 120 Å². The first-order chi connectivity index (χ1) is 9.08. The van der Waals surface area contributed by atoms with Crippen molar-refractivity contribution in [2.24, 2.45) is 0 Å². The van der Waals surface area contributed by atoms with Gasteiger partial charge in [0.1, 0.15) is 0 Å². The van der Waals surface area contributed by atoms with Crippen molar-refractivity contribution < 1.29 is 0 Å². The maximum Gasteiger partial charge on any atom is 0.179 e. The number of imidazole rings is 1. The van der Waals surface area contributed by atoms with Gasteiger partial charge in [0.2, 0.25) is 0 Å². The fraction of sp³-hybridized carbons (Fsp3) is 0.308. The van der Waals surface area contributed by atoms with Crippen molar-refractivity contribution >= 4 is 34.7 Å². The SMILES string of the molecule is Cc1nc(C)c(C(C)n2c(=S)[nH]c3cccnc32)s1. The normalized spacial score (nSPS) is 13.0. The smallest absolute Gasteiger partial charge is 0.179 e. The molecule has 0 amide bonds. The molecule has 6 heteroatoms. The minimum absolute atomic E-state index is 0.141. The van der Waals surface area contributed by atoms with E-state index in [1.54, 1.807) is 17.5 Å². The van der Waals surface area contributed by atoms with Gasteiger partial charge in [-0.2, -0.15) is 0 Å². The third-order valence-electron chi connectivity index (χ3n) is 3.18. The lowest BCUT2D eigenvalue weighted by molar-refractivity contribution is 0.650. The second-order valence-corrected chi connectivity index (χ2v) is 6.15. The van der Waals surface area contributed by atoms with E-state index >= 15 is 0 Å². The minimum atomic E-state index is 0.141. The number of aromatic amines is 1. The predicted molar refractivity (Wildman–Crippen MR) is 80.3 cm³/mol. The highest BCUT2D eigenvalue weighted by atomic mass is 32.1. The first kappa shape index (κ1) is 12.5. The zero-order valence-electron chi connectivity index (χ0n) is 11.0. The molecule has 19 heavy (non-hydrogen) atoms. The molecular formula is C13H14N4S2. The fourth-order valence-electron chi connectivity index (χ4n) is 2.37. The number of nitrogens with one attached hydrogen (secondary N) is 1. The number of aromatic nitrogens is 4. The number of fused-ring (bicyclic) bond motifs is 1. The molecule has 1 unspecified atom stereocenters. The second kappa shape index (κ2) is 4.54. The molecule has 0 aliphatic heterocycles. The molecule has 1 N–H and O–H groups in total. The number of hydrogen-bond acceptors (Lipinski definition) is 4. The number of nitrogens with zero attached hydrogens (tertiary/aromatic N) is 3. The Hall–Kier alpha value is -1.53. The molecule has 98 valence electrons. The highest BCUT2D eigenvalue weighted by Gasteiger charge is 2.18. The van der Waals surface area contributed by atoms with Crippen molar-refractivity contribution in [3.63, 3.8) is 0 Å². The summed E-state index contributed by atoms with van der Waals surface area (Å²) < 4.78 is 2.76. The van der Waals surface area contributed by atoms with Crippen LogP contribution in [-0.2, 0) is 0 Å². The summed E-state index contributed by atoms with van der Waals surface area (Å²) >= 11 is 7.15. The molecule has 0 aliphatic rings. The molecule has 0 radical (unpaired) electrons. The van der Waals surface area contributed by atoms with Crippen LogP contribution in [0.25, 0.3) is 11.2 Å². The summed E-state index contributed by atoms with van der Waals surface area (Å²) in [5.41, 5.74) is 2.94. The summed E-state index contributed by atoms with van der Waals surface area (Å²) in [6.45, 7) is 6.21. The summed E-state index contributed by atoms with van der Waals surface area (Å²) in [6.07, 6.45) is 1.79. The molecule has 0 aliphatic carbocycles. The average Bonchev–Trinajstić information content (AvgIpc) is 2.87. The second-order valence-electron chi connectivity index (χ2n) is 4.53. The van der Waals surface area contributed by atoms with Crippen LogP contribution in [0.15, 0.2) is 18.3 Å². The molecule has 4 nitrogen and oxygen atoms in total. The number of aryl methyl sites for hydroxylation is 2. The monoisotopic (exact) mass is 290 g/mol. The van der Waals surface area contributed by atoms with Crippen molar-refractivity contribution in [1.82, 2.24) is 19.5 Å². The van der Waals surface area contributed by atoms with E-state index in [1.807, 2.05) is 26.0 Å². The number of H-pyrrole nitrogens is 1. The summed E-state index contributed by atoms with van der Waals surface area (Å²) in [7, 11) is 0. The van der Waals surface area contributed by atoms with E-state index in [-0.39, 0.29) is 6.04 Å². The van der Waals surface area contributed by atoms with Crippen LogP contribution < -0.4 is 0 Å². The summed E-state index contributed by atoms with van der Waals surface area (Å²) in [6, 6.07) is 4.04. The van der Waals surface area contributed by atoms with Crippen LogP contribution in [0.4, 0.5) is 0 Å². The molecule has 3 aromatic rings. The zero-order chi connectivity index (χ0) is 13.6. The number of hydrogen-bond donors (Lipinski definition) is 1. The largest absolute Gasteiger partial charge is 0.329 e. The zero-order valence-corrected chi connectivity index (χ0v) is 12.6. The topological polar surface area (TPSA) is 46.5 Å². The standard InChI is InChI=1S/C13H14N4S2/c1-7-11(19-9(3)15-7)8(2)17-12-10(16-13(17)18)5-4-6-14-12/h4-6,8H,1-3H3,(H,16,18). The Balaban J connectivity index is 2.22. The van der Waals surface area contributed by atoms with Crippen LogP contribution in [0.2, 0.25) is 0 Å². The van der Waals surface area contributed by atoms with Gasteiger partial charge in [0.05, 0.1) is 27.1 Å². The molecule has 0 saturated heterocycles. The maximum absolute atomic E-state index is 5.43. The lowest BCUT2D eigenvalue weighted by Crippen LogP contribution is -2.07. The van der Waals surface area contributed by atoms with Gasteiger partial charge in [-0.25, -0.2) is 9.97 Å². The molecular weight excluding hydrogens is 276 g/mol. The first-order valence-electron chi connectivity index (χ1n) is 6.07. The van der Waals surface area contributed by atoms with E-state index < -0.39 is 0 Å². The van der Waals surface area contributed by atoms with Crippen molar-refractivity contribution in [2.75, 3.05) is 0 Å². The molecule has 1 atom stereocenters. The van der Waals surface area contributed by atoms with Crippen LogP contribution in [0, 0.1) is 18.6 Å². The van der Waals surface area contributed by atoms with Crippen LogP contribution in [0.5, 0.6) is 0 Å². The van der Waals surface area contributed by atoms with E-state index in [4.69, 9.17) is 12.2 Å². The molecule has 0 saturated carbocycles. The van der Waals surface area contributed by atoms with Gasteiger partial charge in [0.15, 0.2) is 10.4 Å². The lowest BCUT2D eigenvalue weighted by Gasteiger charge is -2.12. The molecule has 3 heterocycles. The first-order valence-corrected chi connectivity index (χ1v) is 7.29. The van der Waals surface area contributed by atoms with Gasteiger partial charge in [0.25, 0.3) is 0 Å². The van der Waals surface area contributed by atoms with Gasteiger partial charge in [0, 0.05) is 6.20 Å². The van der Waals surface area contributed by atoms with Crippen LogP contribution >= 0.6 is 23.6 Å². The maximum atomic E-state index is 5.43. The third kappa shape index (κ3) is 2.01. The van der Waals surface area contributed by atoms with Crippen molar-refractivity contribution in [3.8, 4) is 0 Å². The fourth-order valence-corrected chi connectivity index (χ4v) is 3.69. The Bertz CT molecular complexity index is 796. The molecule has 0 bridgehead atoms. The van der Waals surface area contributed by atoms with Crippen LogP contribution in [0.1, 0.15) is 28.5 Å². The number of pyridine rings is 1. The molecule has 3 rings (SSSR count). The summed E-state index contributed by atoms with van der Waals surface area (Å²) in [4.78, 5) is 13.4. The third-order valence-corrected chi connectivity index (χ3v) is 4.72. The summed E-state index contributed by atoms with van der Waals surface area (Å²) in [5, 5.41) is 1.08. The Morgan fingerprint density at radius 1 is 1.42 bits per heavy atom. The minimum Gasteiger partial charge on any atom is -0.329 e. The van der Waals surface area contributed by atoms with E-state index in [1.165, 1.54) is 4.88 Å². The van der Waals surface area contributed by atoms with E-state index in [2.05, 4.69) is 26.4 Å². The Morgan fingerprint density at radius 2 is 2.21 bits per heavy atom. The van der Waals surface area contributed by atoms with Gasteiger partial charge in [-0.1, -0.05) is 0 Å². The number of thiazole rings is 1. The highest BCUT2D eigenvalue weighted by Crippen LogP contribution is 2.29. The van der Waals surface area contributed by atoms with Gasteiger partial charge >= 0.3 is 0 Å². The quantitative estimate of drug-likeness (QED) is 0.731. The van der Waals surface area contributed by atoms with Gasteiger partial charge in [-0.05, 0) is 45.1 Å². The predicted octanol–water partition coefficient (Wildman–Crippen LogP) is 3.78. The van der Waals surface area contributed by atoms with E-state index in [0.29, 0.717) is 4.77 Å². The molecule has 0 aromatic carbocycles.